The number of hydrogen-bond donors (Lipinski definition) is 1. The average Bonchev–Trinajstić information content (AvgIpc) is 2.97. The van der Waals surface area contributed by atoms with Crippen LogP contribution >= 0.6 is 0 Å². The van der Waals surface area contributed by atoms with Gasteiger partial charge in [0, 0.05) is 53.6 Å². The van der Waals surface area contributed by atoms with E-state index in [1.54, 1.807) is 6.20 Å². The van der Waals surface area contributed by atoms with Crippen molar-refractivity contribution >= 4 is 10.9 Å². The number of rotatable bonds is 1. The van der Waals surface area contributed by atoms with E-state index in [0.29, 0.717) is 6.54 Å². The summed E-state index contributed by atoms with van der Waals surface area (Å²) in [5, 5.41) is 13.1. The summed E-state index contributed by atoms with van der Waals surface area (Å²) in [5.74, 6) is 0.0758. The molecule has 0 bridgehead atoms. The Kier molecular flexibility index (Phi) is 3.12. The van der Waals surface area contributed by atoms with Gasteiger partial charge >= 0.3 is 0 Å². The van der Waals surface area contributed by atoms with Crippen LogP contribution in [0.2, 0.25) is 0 Å². The molecule has 0 saturated heterocycles. The highest BCUT2D eigenvalue weighted by molar-refractivity contribution is 5.87. The summed E-state index contributed by atoms with van der Waals surface area (Å²) in [6.07, 6.45) is 4.63. The Balaban J connectivity index is 1.77. The number of nitrogens with zero attached hydrogens (tertiary/aromatic N) is 3. The van der Waals surface area contributed by atoms with E-state index < -0.39 is 5.60 Å². The lowest BCUT2D eigenvalue weighted by Gasteiger charge is -2.31. The normalized spacial score (nSPS) is 26.0. The average molecular weight is 333 g/mol. The first-order valence-electron chi connectivity index (χ1n) is 9.01. The van der Waals surface area contributed by atoms with Gasteiger partial charge in [0.25, 0.3) is 0 Å². The molecule has 25 heavy (non-hydrogen) atoms. The molecule has 1 N–H and O–H groups in total. The number of benzene rings is 1. The van der Waals surface area contributed by atoms with Crippen LogP contribution in [-0.4, -0.2) is 39.7 Å². The zero-order chi connectivity index (χ0) is 17.2. The van der Waals surface area contributed by atoms with Gasteiger partial charge in [-0.3, -0.25) is 4.98 Å². The SMILES string of the molecule is Cc1ccc2c(c1)c1c3n2CC(O)(c2cccnc2)C3CN(C)CC1. The van der Waals surface area contributed by atoms with Gasteiger partial charge in [-0.15, -0.1) is 0 Å². The second kappa shape index (κ2) is 5.16. The molecule has 0 saturated carbocycles. The first kappa shape index (κ1) is 15.1. The monoisotopic (exact) mass is 333 g/mol. The van der Waals surface area contributed by atoms with Crippen LogP contribution in [0.25, 0.3) is 10.9 Å². The Bertz CT molecular complexity index is 962. The van der Waals surface area contributed by atoms with Crippen LogP contribution in [-0.2, 0) is 18.6 Å². The molecular weight excluding hydrogens is 310 g/mol. The highest BCUT2D eigenvalue weighted by Gasteiger charge is 2.49. The smallest absolute Gasteiger partial charge is 0.118 e. The highest BCUT2D eigenvalue weighted by Crippen LogP contribution is 2.50. The molecule has 2 atom stereocenters. The molecule has 1 aromatic carbocycles. The number of aryl methyl sites for hydroxylation is 1. The van der Waals surface area contributed by atoms with E-state index in [0.717, 1.165) is 25.1 Å². The zero-order valence-electron chi connectivity index (χ0n) is 14.7. The lowest BCUT2D eigenvalue weighted by molar-refractivity contribution is 0.00367. The third kappa shape index (κ3) is 2.04. The van der Waals surface area contributed by atoms with Crippen molar-refractivity contribution < 1.29 is 5.11 Å². The summed E-state index contributed by atoms with van der Waals surface area (Å²) in [5.41, 5.74) is 5.33. The van der Waals surface area contributed by atoms with Crippen LogP contribution in [0, 0.1) is 6.92 Å². The molecule has 2 aliphatic heterocycles. The number of hydrogen-bond acceptors (Lipinski definition) is 3. The molecule has 5 rings (SSSR count). The largest absolute Gasteiger partial charge is 0.382 e. The molecule has 3 aromatic rings. The first-order chi connectivity index (χ1) is 12.1. The van der Waals surface area contributed by atoms with Crippen molar-refractivity contribution in [1.82, 2.24) is 14.5 Å². The Morgan fingerprint density at radius 2 is 2.16 bits per heavy atom. The van der Waals surface area contributed by atoms with E-state index in [-0.39, 0.29) is 5.92 Å². The van der Waals surface area contributed by atoms with Crippen molar-refractivity contribution in [3.63, 3.8) is 0 Å². The minimum absolute atomic E-state index is 0.0758. The number of likely N-dealkylation sites (N-methyl/N-ethyl adjacent to an activating group) is 1. The predicted molar refractivity (Wildman–Crippen MR) is 98.8 cm³/mol. The van der Waals surface area contributed by atoms with E-state index in [4.69, 9.17) is 0 Å². The molecule has 0 spiro atoms. The fourth-order valence-corrected chi connectivity index (χ4v) is 4.82. The Morgan fingerprint density at radius 3 is 2.96 bits per heavy atom. The summed E-state index contributed by atoms with van der Waals surface area (Å²) in [7, 11) is 2.16. The second-order valence-electron chi connectivity index (χ2n) is 7.70. The molecule has 0 fully saturated rings. The summed E-state index contributed by atoms with van der Waals surface area (Å²) in [6, 6.07) is 10.6. The van der Waals surface area contributed by atoms with E-state index in [1.165, 1.54) is 27.7 Å². The molecule has 4 nitrogen and oxygen atoms in total. The first-order valence-corrected chi connectivity index (χ1v) is 9.01. The van der Waals surface area contributed by atoms with E-state index in [2.05, 4.69) is 46.6 Å². The fourth-order valence-electron chi connectivity index (χ4n) is 4.82. The fraction of sp³-hybridized carbons (Fsp3) is 0.381. The van der Waals surface area contributed by atoms with Crippen molar-refractivity contribution in [1.29, 1.82) is 0 Å². The summed E-state index contributed by atoms with van der Waals surface area (Å²) in [4.78, 5) is 6.61. The van der Waals surface area contributed by atoms with Crippen molar-refractivity contribution in [2.24, 2.45) is 0 Å². The van der Waals surface area contributed by atoms with Gasteiger partial charge in [0.05, 0.1) is 6.54 Å². The Morgan fingerprint density at radius 1 is 1.28 bits per heavy atom. The van der Waals surface area contributed by atoms with Crippen LogP contribution in [0.3, 0.4) is 0 Å². The number of aromatic nitrogens is 2. The number of pyridine rings is 1. The lowest BCUT2D eigenvalue weighted by Crippen LogP contribution is -2.37. The van der Waals surface area contributed by atoms with Crippen LogP contribution < -0.4 is 0 Å². The van der Waals surface area contributed by atoms with E-state index >= 15 is 0 Å². The maximum atomic E-state index is 11.8. The molecule has 2 unspecified atom stereocenters. The third-order valence-corrected chi connectivity index (χ3v) is 6.07. The second-order valence-corrected chi connectivity index (χ2v) is 7.70. The van der Waals surface area contributed by atoms with Gasteiger partial charge in [-0.05, 0) is 44.2 Å². The van der Waals surface area contributed by atoms with Gasteiger partial charge in [0.15, 0.2) is 0 Å². The molecule has 4 heteroatoms. The molecular formula is C21H23N3O. The van der Waals surface area contributed by atoms with Crippen molar-refractivity contribution in [2.75, 3.05) is 20.1 Å². The predicted octanol–water partition coefficient (Wildman–Crippen LogP) is 2.82. The standard InChI is InChI=1S/C21H23N3O/c1-14-5-6-19-17(10-14)16-7-9-23(2)12-18-20(16)24(19)13-21(18,25)15-4-3-8-22-11-15/h3-6,8,10-11,18,25H,7,9,12-13H2,1-2H3. The molecule has 4 heterocycles. The lowest BCUT2D eigenvalue weighted by atomic mass is 9.81. The molecule has 0 aliphatic carbocycles. The van der Waals surface area contributed by atoms with Crippen LogP contribution in [0.15, 0.2) is 42.7 Å². The maximum absolute atomic E-state index is 11.8. The van der Waals surface area contributed by atoms with Crippen LogP contribution in [0.1, 0.15) is 28.3 Å². The topological polar surface area (TPSA) is 41.3 Å². The van der Waals surface area contributed by atoms with Gasteiger partial charge < -0.3 is 14.6 Å². The minimum Gasteiger partial charge on any atom is -0.382 e. The Labute approximate surface area is 147 Å². The van der Waals surface area contributed by atoms with Gasteiger partial charge in [-0.2, -0.15) is 0 Å². The van der Waals surface area contributed by atoms with Crippen LogP contribution in [0.4, 0.5) is 0 Å². The summed E-state index contributed by atoms with van der Waals surface area (Å²) >= 11 is 0. The molecule has 2 aromatic heterocycles. The zero-order valence-corrected chi connectivity index (χ0v) is 14.7. The number of fused-ring (bicyclic) bond motifs is 3. The van der Waals surface area contributed by atoms with Gasteiger partial charge in [0.2, 0.25) is 0 Å². The Hall–Kier alpha value is -2.17. The maximum Gasteiger partial charge on any atom is 0.118 e. The molecule has 0 amide bonds. The van der Waals surface area contributed by atoms with E-state index in [1.807, 2.05) is 18.3 Å². The minimum atomic E-state index is -0.893. The van der Waals surface area contributed by atoms with Gasteiger partial charge in [-0.1, -0.05) is 17.7 Å². The van der Waals surface area contributed by atoms with Crippen molar-refractivity contribution in [3.8, 4) is 0 Å². The highest BCUT2D eigenvalue weighted by atomic mass is 16.3. The van der Waals surface area contributed by atoms with Gasteiger partial charge in [0.1, 0.15) is 5.60 Å². The van der Waals surface area contributed by atoms with Crippen molar-refractivity contribution in [2.45, 2.75) is 31.4 Å². The summed E-state index contributed by atoms with van der Waals surface area (Å²) in [6.45, 7) is 4.65. The van der Waals surface area contributed by atoms with E-state index in [9.17, 15) is 5.11 Å². The molecule has 0 radical (unpaired) electrons. The van der Waals surface area contributed by atoms with Crippen molar-refractivity contribution in [3.05, 3.63) is 65.1 Å². The third-order valence-electron chi connectivity index (χ3n) is 6.07. The van der Waals surface area contributed by atoms with Crippen LogP contribution in [0.5, 0.6) is 0 Å². The van der Waals surface area contributed by atoms with Gasteiger partial charge in [-0.25, -0.2) is 0 Å². The number of aliphatic hydroxyl groups is 1. The molecule has 128 valence electrons. The quantitative estimate of drug-likeness (QED) is 0.744. The molecule has 2 aliphatic rings. The summed E-state index contributed by atoms with van der Waals surface area (Å²) < 4.78 is 2.36.